The number of aromatic nitrogens is 3. The van der Waals surface area contributed by atoms with Gasteiger partial charge in [0.1, 0.15) is 11.6 Å². The van der Waals surface area contributed by atoms with Crippen molar-refractivity contribution in [2.75, 3.05) is 6.54 Å². The smallest absolute Gasteiger partial charge is 0.244 e. The number of carbonyl (C=O) groups excluding carboxylic acids is 1. The Morgan fingerprint density at radius 1 is 1.10 bits per heavy atom. The van der Waals surface area contributed by atoms with Crippen molar-refractivity contribution in [3.63, 3.8) is 0 Å². The third kappa shape index (κ3) is 6.42. The molecule has 210 valence electrons. The molecule has 0 unspecified atom stereocenters. The van der Waals surface area contributed by atoms with Gasteiger partial charge in [-0.25, -0.2) is 13.4 Å². The number of hydrogen-bond donors (Lipinski definition) is 0. The number of thiazole rings is 1. The minimum atomic E-state index is -4.07. The topological polar surface area (TPSA) is 102 Å². The van der Waals surface area contributed by atoms with Gasteiger partial charge in [-0.15, -0.1) is 11.3 Å². The Morgan fingerprint density at radius 3 is 2.46 bits per heavy atom. The highest BCUT2D eigenvalue weighted by Crippen LogP contribution is 2.27. The molecule has 0 radical (unpaired) electrons. The standard InChI is InChI=1S/C28H37N5O4S2/c1-18(2)14-32(15-23-17-38-27(29-23)19(3)4)28(34)21(6)33(16-24-12-20(5)30-31(24)7)39(35,36)25-8-9-26-22(13-25)10-11-37-26/h8-13,17-19,21H,14-16H2,1-7H3/t21-/m0/s1. The van der Waals surface area contributed by atoms with Crippen LogP contribution in [0.2, 0.25) is 0 Å². The van der Waals surface area contributed by atoms with E-state index in [2.05, 4.69) is 18.9 Å². The number of hydrogen-bond acceptors (Lipinski definition) is 7. The van der Waals surface area contributed by atoms with E-state index in [1.807, 2.05) is 32.2 Å². The Labute approximate surface area is 234 Å². The zero-order valence-electron chi connectivity index (χ0n) is 23.6. The molecule has 1 aromatic carbocycles. The van der Waals surface area contributed by atoms with Gasteiger partial charge in [0.05, 0.1) is 46.3 Å². The molecule has 0 aliphatic rings. The first-order valence-electron chi connectivity index (χ1n) is 13.1. The van der Waals surface area contributed by atoms with Crippen LogP contribution in [0.15, 0.2) is 51.3 Å². The van der Waals surface area contributed by atoms with Crippen LogP contribution < -0.4 is 0 Å². The second-order valence-corrected chi connectivity index (χ2v) is 13.5. The molecule has 39 heavy (non-hydrogen) atoms. The minimum Gasteiger partial charge on any atom is -0.464 e. The van der Waals surface area contributed by atoms with Gasteiger partial charge in [-0.3, -0.25) is 9.48 Å². The molecule has 1 atom stereocenters. The number of nitrogens with zero attached hydrogens (tertiary/aromatic N) is 5. The van der Waals surface area contributed by atoms with Gasteiger partial charge < -0.3 is 9.32 Å². The molecule has 0 fully saturated rings. The highest BCUT2D eigenvalue weighted by Gasteiger charge is 2.36. The van der Waals surface area contributed by atoms with E-state index in [0.29, 0.717) is 35.7 Å². The molecule has 0 aliphatic heterocycles. The van der Waals surface area contributed by atoms with Gasteiger partial charge in [0.25, 0.3) is 0 Å². The number of amides is 1. The zero-order chi connectivity index (χ0) is 28.5. The molecular formula is C28H37N5O4S2. The lowest BCUT2D eigenvalue weighted by Gasteiger charge is -2.33. The van der Waals surface area contributed by atoms with Crippen molar-refractivity contribution < 1.29 is 17.6 Å². The molecule has 3 heterocycles. The van der Waals surface area contributed by atoms with Gasteiger partial charge in [-0.05, 0) is 50.1 Å². The summed E-state index contributed by atoms with van der Waals surface area (Å²) in [4.78, 5) is 20.6. The number of carbonyl (C=O) groups is 1. The highest BCUT2D eigenvalue weighted by molar-refractivity contribution is 7.89. The fourth-order valence-corrected chi connectivity index (χ4v) is 6.98. The van der Waals surface area contributed by atoms with Gasteiger partial charge in [0.2, 0.25) is 15.9 Å². The van der Waals surface area contributed by atoms with E-state index in [4.69, 9.17) is 9.40 Å². The van der Waals surface area contributed by atoms with Crippen molar-refractivity contribution in [1.29, 1.82) is 0 Å². The lowest BCUT2D eigenvalue weighted by molar-refractivity contribution is -0.136. The summed E-state index contributed by atoms with van der Waals surface area (Å²) in [6.07, 6.45) is 1.52. The first kappa shape index (κ1) is 29.0. The van der Waals surface area contributed by atoms with E-state index >= 15 is 0 Å². The summed E-state index contributed by atoms with van der Waals surface area (Å²) in [6, 6.07) is 7.35. The summed E-state index contributed by atoms with van der Waals surface area (Å²) >= 11 is 1.58. The van der Waals surface area contributed by atoms with E-state index in [9.17, 15) is 13.2 Å². The van der Waals surface area contributed by atoms with Crippen molar-refractivity contribution in [3.8, 4) is 0 Å². The molecule has 0 N–H and O–H groups in total. The van der Waals surface area contributed by atoms with Crippen molar-refractivity contribution >= 4 is 38.2 Å². The molecule has 4 rings (SSSR count). The van der Waals surface area contributed by atoms with Crippen molar-refractivity contribution in [1.82, 2.24) is 24.0 Å². The van der Waals surface area contributed by atoms with Crippen LogP contribution in [0.1, 0.15) is 62.6 Å². The van der Waals surface area contributed by atoms with Gasteiger partial charge in [-0.2, -0.15) is 9.40 Å². The molecule has 3 aromatic heterocycles. The van der Waals surface area contributed by atoms with Crippen LogP contribution >= 0.6 is 11.3 Å². The van der Waals surface area contributed by atoms with E-state index in [1.165, 1.54) is 16.6 Å². The molecule has 0 spiro atoms. The number of fused-ring (bicyclic) bond motifs is 1. The summed E-state index contributed by atoms with van der Waals surface area (Å²) in [6.45, 7) is 12.6. The fraction of sp³-hybridized carbons (Fsp3) is 0.464. The average molecular weight is 572 g/mol. The molecule has 0 saturated carbocycles. The van der Waals surface area contributed by atoms with E-state index in [1.54, 1.807) is 53.1 Å². The maximum absolute atomic E-state index is 14.1. The predicted octanol–water partition coefficient (Wildman–Crippen LogP) is 5.32. The summed E-state index contributed by atoms with van der Waals surface area (Å²) in [5.41, 5.74) is 2.87. The van der Waals surface area contributed by atoms with Crippen LogP contribution in [0.4, 0.5) is 0 Å². The number of aryl methyl sites for hydroxylation is 2. The highest BCUT2D eigenvalue weighted by atomic mass is 32.2. The second-order valence-electron chi connectivity index (χ2n) is 10.7. The second kappa shape index (κ2) is 11.6. The van der Waals surface area contributed by atoms with Crippen LogP contribution in [0, 0.1) is 12.8 Å². The third-order valence-electron chi connectivity index (χ3n) is 6.55. The monoisotopic (exact) mass is 571 g/mol. The van der Waals surface area contributed by atoms with E-state index in [0.717, 1.165) is 16.4 Å². The van der Waals surface area contributed by atoms with Gasteiger partial charge in [-0.1, -0.05) is 27.7 Å². The third-order valence-corrected chi connectivity index (χ3v) is 9.66. The normalized spacial score (nSPS) is 13.2. The molecule has 9 nitrogen and oxygen atoms in total. The maximum atomic E-state index is 14.1. The number of sulfonamides is 1. The Balaban J connectivity index is 1.71. The first-order valence-corrected chi connectivity index (χ1v) is 15.4. The number of benzene rings is 1. The quantitative estimate of drug-likeness (QED) is 0.242. The zero-order valence-corrected chi connectivity index (χ0v) is 25.2. The number of furan rings is 1. The van der Waals surface area contributed by atoms with E-state index < -0.39 is 16.1 Å². The van der Waals surface area contributed by atoms with Crippen LogP contribution in [-0.2, 0) is 35.0 Å². The molecular weight excluding hydrogens is 534 g/mol. The summed E-state index contributed by atoms with van der Waals surface area (Å²) in [7, 11) is -2.30. The Kier molecular flexibility index (Phi) is 8.63. The van der Waals surface area contributed by atoms with Crippen LogP contribution in [-0.4, -0.2) is 50.9 Å². The van der Waals surface area contributed by atoms with Gasteiger partial charge in [0.15, 0.2) is 0 Å². The largest absolute Gasteiger partial charge is 0.464 e. The average Bonchev–Trinajstić information content (AvgIpc) is 3.60. The van der Waals surface area contributed by atoms with Crippen molar-refractivity contribution in [2.24, 2.45) is 13.0 Å². The van der Waals surface area contributed by atoms with Crippen LogP contribution in [0.3, 0.4) is 0 Å². The lowest BCUT2D eigenvalue weighted by Crippen LogP contribution is -2.49. The molecule has 11 heteroatoms. The Hall–Kier alpha value is -3.02. The van der Waals surface area contributed by atoms with Crippen molar-refractivity contribution in [2.45, 2.75) is 71.5 Å². The molecule has 0 aliphatic carbocycles. The maximum Gasteiger partial charge on any atom is 0.244 e. The van der Waals surface area contributed by atoms with Crippen LogP contribution in [0.5, 0.6) is 0 Å². The SMILES string of the molecule is Cc1cc(CN([C@@H](C)C(=O)N(Cc2csc(C(C)C)n2)CC(C)C)S(=O)(=O)c2ccc3occc3c2)n(C)n1. The Bertz CT molecular complexity index is 1550. The number of rotatable bonds is 11. The lowest BCUT2D eigenvalue weighted by atomic mass is 10.1. The van der Waals surface area contributed by atoms with E-state index in [-0.39, 0.29) is 23.3 Å². The fourth-order valence-electron chi connectivity index (χ4n) is 4.56. The molecule has 1 amide bonds. The summed E-state index contributed by atoms with van der Waals surface area (Å²) < 4.78 is 36.6. The molecule has 0 bridgehead atoms. The Morgan fingerprint density at radius 2 is 1.85 bits per heavy atom. The molecule has 0 saturated heterocycles. The predicted molar refractivity (Wildman–Crippen MR) is 153 cm³/mol. The summed E-state index contributed by atoms with van der Waals surface area (Å²) in [5.74, 6) is 0.222. The molecule has 4 aromatic rings. The van der Waals surface area contributed by atoms with Gasteiger partial charge >= 0.3 is 0 Å². The summed E-state index contributed by atoms with van der Waals surface area (Å²) in [5, 5.41) is 8.06. The minimum absolute atomic E-state index is 0.000277. The first-order chi connectivity index (χ1) is 18.4. The van der Waals surface area contributed by atoms with Gasteiger partial charge in [0, 0.05) is 30.3 Å². The van der Waals surface area contributed by atoms with Crippen LogP contribution in [0.25, 0.3) is 11.0 Å². The van der Waals surface area contributed by atoms with Crippen molar-refractivity contribution in [3.05, 3.63) is 64.1 Å².